The van der Waals surface area contributed by atoms with Crippen molar-refractivity contribution in [2.24, 2.45) is 0 Å². The molecule has 1 aromatic heterocycles. The molecule has 0 atom stereocenters. The summed E-state index contributed by atoms with van der Waals surface area (Å²) < 4.78 is 55.0. The highest BCUT2D eigenvalue weighted by molar-refractivity contribution is 6.31. The third-order valence-corrected chi connectivity index (χ3v) is 4.96. The molecule has 164 valence electrons. The molecule has 0 saturated heterocycles. The molecule has 0 radical (unpaired) electrons. The summed E-state index contributed by atoms with van der Waals surface area (Å²) in [6, 6.07) is 11.5. The van der Waals surface area contributed by atoms with Crippen molar-refractivity contribution in [3.63, 3.8) is 0 Å². The molecule has 4 rings (SSSR count). The molecule has 32 heavy (non-hydrogen) atoms. The highest BCUT2D eigenvalue weighted by atomic mass is 19.4. The summed E-state index contributed by atoms with van der Waals surface area (Å²) in [7, 11) is 0. The molecule has 0 saturated carbocycles. The fourth-order valence-corrected chi connectivity index (χ4v) is 3.41. The number of aromatic nitrogens is 1. The van der Waals surface area contributed by atoms with Crippen molar-refractivity contribution in [3.8, 4) is 0 Å². The third kappa shape index (κ3) is 4.56. The van der Waals surface area contributed by atoms with Crippen LogP contribution in [-0.4, -0.2) is 17.4 Å². The van der Waals surface area contributed by atoms with Crippen LogP contribution in [0.4, 0.5) is 34.6 Å². The minimum absolute atomic E-state index is 0.00575. The van der Waals surface area contributed by atoms with Gasteiger partial charge in [0, 0.05) is 42.1 Å². The van der Waals surface area contributed by atoms with E-state index in [2.05, 4.69) is 20.9 Å². The molecule has 0 unspecified atom stereocenters. The highest BCUT2D eigenvalue weighted by Gasteiger charge is 2.34. The lowest BCUT2D eigenvalue weighted by atomic mass is 10.1. The number of nitrogens with one attached hydrogen (secondary N) is 3. The molecule has 9 heteroatoms. The van der Waals surface area contributed by atoms with Crippen molar-refractivity contribution < 1.29 is 22.4 Å². The van der Waals surface area contributed by atoms with Gasteiger partial charge in [0.15, 0.2) is 0 Å². The fraction of sp³-hybridized carbons (Fsp3) is 0.130. The van der Waals surface area contributed by atoms with Crippen molar-refractivity contribution in [3.05, 3.63) is 89.6 Å². The Bertz CT molecular complexity index is 1180. The molecule has 3 aromatic rings. The molecule has 0 aliphatic carbocycles. The quantitative estimate of drug-likeness (QED) is 0.358. The molecule has 1 aliphatic rings. The first-order valence-electron chi connectivity index (χ1n) is 9.74. The average Bonchev–Trinajstić information content (AvgIpc) is 3.09. The average molecular weight is 442 g/mol. The van der Waals surface area contributed by atoms with E-state index in [-0.39, 0.29) is 22.5 Å². The van der Waals surface area contributed by atoms with Crippen LogP contribution in [0.1, 0.15) is 16.7 Å². The van der Waals surface area contributed by atoms with Gasteiger partial charge >= 0.3 is 6.18 Å². The maximum absolute atomic E-state index is 14.1. The van der Waals surface area contributed by atoms with Crippen LogP contribution >= 0.6 is 0 Å². The van der Waals surface area contributed by atoms with E-state index in [1.54, 1.807) is 30.6 Å². The molecule has 3 N–H and O–H groups in total. The Labute approximate surface area is 181 Å². The summed E-state index contributed by atoms with van der Waals surface area (Å²) in [5.41, 5.74) is 0.558. The fourth-order valence-electron chi connectivity index (χ4n) is 3.41. The largest absolute Gasteiger partial charge is 0.418 e. The minimum Gasteiger partial charge on any atom is -0.384 e. The molecule has 2 aromatic carbocycles. The second kappa shape index (κ2) is 8.70. The van der Waals surface area contributed by atoms with Crippen LogP contribution in [0.5, 0.6) is 0 Å². The Kier molecular flexibility index (Phi) is 5.81. The topological polar surface area (TPSA) is 66.1 Å². The first-order valence-corrected chi connectivity index (χ1v) is 9.74. The number of alkyl halides is 3. The van der Waals surface area contributed by atoms with Crippen LogP contribution < -0.4 is 16.0 Å². The van der Waals surface area contributed by atoms with Crippen LogP contribution in [0.25, 0.3) is 5.57 Å². The Hall–Kier alpha value is -3.88. The maximum atomic E-state index is 14.1. The second-order valence-corrected chi connectivity index (χ2v) is 7.11. The lowest BCUT2D eigenvalue weighted by Crippen LogP contribution is -2.13. The van der Waals surface area contributed by atoms with Gasteiger partial charge in [0.2, 0.25) is 0 Å². The number of pyridine rings is 1. The number of hydrogen-bond acceptors (Lipinski definition) is 4. The van der Waals surface area contributed by atoms with Crippen LogP contribution in [-0.2, 0) is 17.4 Å². The van der Waals surface area contributed by atoms with Crippen molar-refractivity contribution in [1.82, 2.24) is 4.98 Å². The summed E-state index contributed by atoms with van der Waals surface area (Å²) in [5.74, 6) is -1.14. The number of rotatable bonds is 6. The lowest BCUT2D eigenvalue weighted by molar-refractivity contribution is -0.136. The molecule has 0 fully saturated rings. The van der Waals surface area contributed by atoms with Gasteiger partial charge in [-0.3, -0.25) is 9.78 Å². The van der Waals surface area contributed by atoms with E-state index in [0.717, 1.165) is 11.6 Å². The Morgan fingerprint density at radius 3 is 2.59 bits per heavy atom. The summed E-state index contributed by atoms with van der Waals surface area (Å²) in [6.07, 6.45) is 0.399. The molecule has 5 nitrogen and oxygen atoms in total. The van der Waals surface area contributed by atoms with Gasteiger partial charge in [-0.15, -0.1) is 0 Å². The molecule has 0 spiro atoms. The number of amides is 1. The van der Waals surface area contributed by atoms with Gasteiger partial charge in [-0.05, 0) is 54.4 Å². The maximum Gasteiger partial charge on any atom is 0.418 e. The number of halogens is 4. The van der Waals surface area contributed by atoms with Gasteiger partial charge < -0.3 is 16.0 Å². The number of anilines is 3. The Morgan fingerprint density at radius 2 is 1.84 bits per heavy atom. The zero-order valence-electron chi connectivity index (χ0n) is 16.6. The zero-order chi connectivity index (χ0) is 22.7. The van der Waals surface area contributed by atoms with Crippen molar-refractivity contribution >= 4 is 28.5 Å². The van der Waals surface area contributed by atoms with Gasteiger partial charge in [0.25, 0.3) is 5.91 Å². The third-order valence-electron chi connectivity index (χ3n) is 4.96. The first kappa shape index (κ1) is 21.4. The van der Waals surface area contributed by atoms with Crippen LogP contribution in [0.3, 0.4) is 0 Å². The number of fused-ring (bicyclic) bond motifs is 1. The van der Waals surface area contributed by atoms with E-state index in [0.29, 0.717) is 18.7 Å². The van der Waals surface area contributed by atoms with Crippen LogP contribution in [0.2, 0.25) is 0 Å². The number of hydrogen-bond donors (Lipinski definition) is 3. The van der Waals surface area contributed by atoms with Crippen molar-refractivity contribution in [1.29, 1.82) is 0 Å². The second-order valence-electron chi connectivity index (χ2n) is 7.11. The number of carbonyl (C=O) groups excluding carboxylic acids is 1. The number of benzene rings is 2. The van der Waals surface area contributed by atoms with E-state index in [4.69, 9.17) is 0 Å². The van der Waals surface area contributed by atoms with Gasteiger partial charge in [0.05, 0.1) is 16.8 Å². The first-order chi connectivity index (χ1) is 15.3. The summed E-state index contributed by atoms with van der Waals surface area (Å²) >= 11 is 0. The molecular formula is C23H18F4N4O. The highest BCUT2D eigenvalue weighted by Crippen LogP contribution is 2.37. The van der Waals surface area contributed by atoms with E-state index in [9.17, 15) is 22.4 Å². The summed E-state index contributed by atoms with van der Waals surface area (Å²) in [6.45, 7) is 0.306. The monoisotopic (exact) mass is 442 g/mol. The van der Waals surface area contributed by atoms with Gasteiger partial charge in [-0.2, -0.15) is 13.2 Å². The number of nitrogens with zero attached hydrogens (tertiary/aromatic N) is 1. The van der Waals surface area contributed by atoms with Crippen molar-refractivity contribution in [2.75, 3.05) is 22.5 Å². The van der Waals surface area contributed by atoms with Crippen LogP contribution in [0, 0.1) is 5.82 Å². The predicted molar refractivity (Wildman–Crippen MR) is 115 cm³/mol. The molecule has 2 heterocycles. The minimum atomic E-state index is -4.59. The van der Waals surface area contributed by atoms with E-state index >= 15 is 0 Å². The smallest absolute Gasteiger partial charge is 0.384 e. The Morgan fingerprint density at radius 1 is 1.06 bits per heavy atom. The number of carbonyl (C=O) groups is 1. The van der Waals surface area contributed by atoms with E-state index in [1.807, 2.05) is 0 Å². The van der Waals surface area contributed by atoms with Crippen LogP contribution in [0.15, 0.2) is 67.1 Å². The van der Waals surface area contributed by atoms with Gasteiger partial charge in [0.1, 0.15) is 5.82 Å². The molecule has 1 amide bonds. The van der Waals surface area contributed by atoms with E-state index in [1.165, 1.54) is 30.5 Å². The zero-order valence-corrected chi connectivity index (χ0v) is 16.6. The van der Waals surface area contributed by atoms with Crippen molar-refractivity contribution in [2.45, 2.75) is 12.6 Å². The van der Waals surface area contributed by atoms with Gasteiger partial charge in [-0.25, -0.2) is 4.39 Å². The van der Waals surface area contributed by atoms with Gasteiger partial charge in [-0.1, -0.05) is 6.07 Å². The normalized spacial score (nSPS) is 14.2. The standard InChI is InChI=1S/C23H18F4N4O/c24-18-2-1-3-20-21(18)16(22(32)31-20)13-30-15-4-5-19(17(12-15)23(25,26)27)29-11-8-14-6-9-28-10-7-14/h1-7,9-10,12-13,29-30H,8,11H2,(H,31,32)/b16-13+. The predicted octanol–water partition coefficient (Wildman–Crippen LogP) is 5.30. The summed E-state index contributed by atoms with van der Waals surface area (Å²) in [4.78, 5) is 16.0. The molecule has 1 aliphatic heterocycles. The lowest BCUT2D eigenvalue weighted by Gasteiger charge is -2.16. The SMILES string of the molecule is O=C1Nc2cccc(F)c2/C1=C\Nc1ccc(NCCc2ccncc2)c(C(F)(F)F)c1. The Balaban J connectivity index is 1.53. The summed E-state index contributed by atoms with van der Waals surface area (Å²) in [5, 5.41) is 8.03. The molecule has 0 bridgehead atoms. The molecular weight excluding hydrogens is 424 g/mol. The van der Waals surface area contributed by atoms with E-state index < -0.39 is 23.5 Å².